The van der Waals surface area contributed by atoms with Gasteiger partial charge in [-0.2, -0.15) is 0 Å². The van der Waals surface area contributed by atoms with Gasteiger partial charge in [0.1, 0.15) is 0 Å². The molecule has 0 aliphatic carbocycles. The molecule has 0 spiro atoms. The Morgan fingerprint density at radius 1 is 1.05 bits per heavy atom. The Hall–Kier alpha value is -1.38. The number of pyridine rings is 1. The molecule has 1 rings (SSSR count). The summed E-state index contributed by atoms with van der Waals surface area (Å²) in [6.45, 7) is 2.23. The largest absolute Gasteiger partial charge is 0.407 e. The van der Waals surface area contributed by atoms with E-state index in [2.05, 4.69) is 11.9 Å². The highest BCUT2D eigenvalue weighted by atomic mass is 16.5. The van der Waals surface area contributed by atoms with Gasteiger partial charge in [-0.05, 0) is 12.5 Å². The first-order valence-corrected chi connectivity index (χ1v) is 7.44. The molecule has 1 aromatic heterocycles. The van der Waals surface area contributed by atoms with Crippen LogP contribution in [-0.2, 0) is 4.79 Å². The van der Waals surface area contributed by atoms with Crippen LogP contribution in [0, 0.1) is 0 Å². The van der Waals surface area contributed by atoms with Gasteiger partial charge < -0.3 is 4.74 Å². The molecule has 3 nitrogen and oxygen atoms in total. The molecule has 0 radical (unpaired) electrons. The summed E-state index contributed by atoms with van der Waals surface area (Å²) in [5.74, 6) is 0.219. The molecule has 19 heavy (non-hydrogen) atoms. The quantitative estimate of drug-likeness (QED) is 0.460. The van der Waals surface area contributed by atoms with Crippen LogP contribution in [0.4, 0.5) is 0 Å². The number of carbonyl (C=O) groups excluding carboxylic acids is 1. The standard InChI is InChI=1S/C16H25NO2/c1-2-3-4-5-6-7-8-9-13-16(18)19-15-12-10-11-14-17-15/h10-12,14H,2-9,13H2,1H3. The van der Waals surface area contributed by atoms with Crippen LogP contribution in [0.1, 0.15) is 64.7 Å². The van der Waals surface area contributed by atoms with Gasteiger partial charge in [-0.15, -0.1) is 0 Å². The summed E-state index contributed by atoms with van der Waals surface area (Å²) >= 11 is 0. The summed E-state index contributed by atoms with van der Waals surface area (Å²) in [7, 11) is 0. The Balaban J connectivity index is 1.96. The number of rotatable bonds is 10. The predicted octanol–water partition coefficient (Wildman–Crippen LogP) is 4.52. The van der Waals surface area contributed by atoms with E-state index in [9.17, 15) is 4.79 Å². The molecule has 0 bridgehead atoms. The Morgan fingerprint density at radius 2 is 1.74 bits per heavy atom. The minimum atomic E-state index is -0.176. The fourth-order valence-corrected chi connectivity index (χ4v) is 1.98. The zero-order chi connectivity index (χ0) is 13.8. The molecule has 1 aromatic rings. The first-order chi connectivity index (χ1) is 9.33. The molecule has 0 atom stereocenters. The van der Waals surface area contributed by atoms with Crippen molar-refractivity contribution in [3.8, 4) is 5.88 Å². The minimum Gasteiger partial charge on any atom is -0.407 e. The van der Waals surface area contributed by atoms with E-state index in [-0.39, 0.29) is 5.97 Å². The van der Waals surface area contributed by atoms with Crippen molar-refractivity contribution in [2.24, 2.45) is 0 Å². The van der Waals surface area contributed by atoms with Crippen molar-refractivity contribution < 1.29 is 9.53 Å². The zero-order valence-corrected chi connectivity index (χ0v) is 11.9. The second-order valence-corrected chi connectivity index (χ2v) is 4.87. The van der Waals surface area contributed by atoms with Crippen molar-refractivity contribution in [1.29, 1.82) is 0 Å². The van der Waals surface area contributed by atoms with E-state index in [4.69, 9.17) is 4.74 Å². The SMILES string of the molecule is CCCCCCCCCCC(=O)Oc1ccccn1. The fraction of sp³-hybridized carbons (Fsp3) is 0.625. The maximum absolute atomic E-state index is 11.5. The highest BCUT2D eigenvalue weighted by Crippen LogP contribution is 2.11. The van der Waals surface area contributed by atoms with Crippen molar-refractivity contribution in [2.45, 2.75) is 64.7 Å². The minimum absolute atomic E-state index is 0.176. The van der Waals surface area contributed by atoms with Gasteiger partial charge in [-0.3, -0.25) is 4.79 Å². The summed E-state index contributed by atoms with van der Waals surface area (Å²) in [5.41, 5.74) is 0. The van der Waals surface area contributed by atoms with Crippen LogP contribution >= 0.6 is 0 Å². The van der Waals surface area contributed by atoms with Crippen LogP contribution in [0.5, 0.6) is 5.88 Å². The molecule has 0 fully saturated rings. The maximum atomic E-state index is 11.5. The average molecular weight is 263 g/mol. The number of carbonyl (C=O) groups is 1. The lowest BCUT2D eigenvalue weighted by atomic mass is 10.1. The molecule has 0 saturated carbocycles. The third kappa shape index (κ3) is 8.36. The molecule has 0 amide bonds. The summed E-state index contributed by atoms with van der Waals surface area (Å²) in [6.07, 6.45) is 12.0. The lowest BCUT2D eigenvalue weighted by Gasteiger charge is -2.03. The Labute approximate surface area is 116 Å². The molecule has 0 N–H and O–H groups in total. The second-order valence-electron chi connectivity index (χ2n) is 4.87. The van der Waals surface area contributed by atoms with Crippen molar-refractivity contribution in [1.82, 2.24) is 4.98 Å². The Kier molecular flexibility index (Phi) is 8.69. The van der Waals surface area contributed by atoms with Crippen LogP contribution in [0.3, 0.4) is 0 Å². The van der Waals surface area contributed by atoms with E-state index in [1.807, 2.05) is 6.07 Å². The van der Waals surface area contributed by atoms with Gasteiger partial charge in [0.25, 0.3) is 0 Å². The van der Waals surface area contributed by atoms with E-state index in [1.54, 1.807) is 18.3 Å². The van der Waals surface area contributed by atoms with E-state index < -0.39 is 0 Å². The number of hydrogen-bond donors (Lipinski definition) is 0. The third-order valence-corrected chi connectivity index (χ3v) is 3.09. The molecule has 0 unspecified atom stereocenters. The van der Waals surface area contributed by atoms with Crippen molar-refractivity contribution in [3.63, 3.8) is 0 Å². The van der Waals surface area contributed by atoms with Crippen molar-refractivity contribution in [2.75, 3.05) is 0 Å². The van der Waals surface area contributed by atoms with Crippen LogP contribution in [0.15, 0.2) is 24.4 Å². The monoisotopic (exact) mass is 263 g/mol. The number of nitrogens with zero attached hydrogens (tertiary/aromatic N) is 1. The predicted molar refractivity (Wildman–Crippen MR) is 77.1 cm³/mol. The number of unbranched alkanes of at least 4 members (excludes halogenated alkanes) is 7. The summed E-state index contributed by atoms with van der Waals surface area (Å²) in [5, 5.41) is 0. The van der Waals surface area contributed by atoms with Gasteiger partial charge in [-0.25, -0.2) is 4.98 Å². The van der Waals surface area contributed by atoms with Crippen LogP contribution < -0.4 is 4.74 Å². The maximum Gasteiger partial charge on any atom is 0.312 e. The molecular weight excluding hydrogens is 238 g/mol. The fourth-order valence-electron chi connectivity index (χ4n) is 1.98. The Bertz CT molecular complexity index is 338. The summed E-state index contributed by atoms with van der Waals surface area (Å²) < 4.78 is 5.12. The van der Waals surface area contributed by atoms with E-state index >= 15 is 0 Å². The van der Waals surface area contributed by atoms with Gasteiger partial charge in [0.15, 0.2) is 0 Å². The van der Waals surface area contributed by atoms with Crippen LogP contribution in [0.25, 0.3) is 0 Å². The van der Waals surface area contributed by atoms with Crippen LogP contribution in [0.2, 0.25) is 0 Å². The highest BCUT2D eigenvalue weighted by Gasteiger charge is 2.04. The van der Waals surface area contributed by atoms with Crippen LogP contribution in [-0.4, -0.2) is 11.0 Å². The Morgan fingerprint density at radius 3 is 2.37 bits per heavy atom. The number of aromatic nitrogens is 1. The topological polar surface area (TPSA) is 39.2 Å². The molecule has 0 saturated heterocycles. The molecule has 1 heterocycles. The van der Waals surface area contributed by atoms with Gasteiger partial charge >= 0.3 is 5.97 Å². The van der Waals surface area contributed by atoms with Gasteiger partial charge in [0.05, 0.1) is 0 Å². The third-order valence-electron chi connectivity index (χ3n) is 3.09. The lowest BCUT2D eigenvalue weighted by Crippen LogP contribution is -2.08. The van der Waals surface area contributed by atoms with E-state index in [1.165, 1.54) is 38.5 Å². The zero-order valence-electron chi connectivity index (χ0n) is 11.9. The number of hydrogen-bond acceptors (Lipinski definition) is 3. The van der Waals surface area contributed by atoms with Gasteiger partial charge in [-0.1, -0.05) is 57.9 Å². The van der Waals surface area contributed by atoms with E-state index in [0.717, 1.165) is 12.8 Å². The molecule has 106 valence electrons. The first kappa shape index (κ1) is 15.7. The normalized spacial score (nSPS) is 10.4. The van der Waals surface area contributed by atoms with Crippen molar-refractivity contribution >= 4 is 5.97 Å². The smallest absolute Gasteiger partial charge is 0.312 e. The lowest BCUT2D eigenvalue weighted by molar-refractivity contribution is -0.134. The van der Waals surface area contributed by atoms with Gasteiger partial charge in [0, 0.05) is 18.7 Å². The summed E-state index contributed by atoms with van der Waals surface area (Å²) in [4.78, 5) is 15.5. The molecule has 0 aliphatic heterocycles. The molecule has 0 aromatic carbocycles. The summed E-state index contributed by atoms with van der Waals surface area (Å²) in [6, 6.07) is 5.31. The van der Waals surface area contributed by atoms with Crippen molar-refractivity contribution in [3.05, 3.63) is 24.4 Å². The molecule has 0 aliphatic rings. The van der Waals surface area contributed by atoms with Gasteiger partial charge in [0.2, 0.25) is 5.88 Å². The molecule has 3 heteroatoms. The number of esters is 1. The van der Waals surface area contributed by atoms with E-state index in [0.29, 0.717) is 12.3 Å². The second kappa shape index (κ2) is 10.5. The average Bonchev–Trinajstić information content (AvgIpc) is 2.43. The number of ether oxygens (including phenoxy) is 1. The highest BCUT2D eigenvalue weighted by molar-refractivity contribution is 5.71. The first-order valence-electron chi connectivity index (χ1n) is 7.44. The molecular formula is C16H25NO2.